The number of amides is 7. The standard InChI is InChI=1S/C36H49N7O12S/c1-20(45)37-14-5-4-7-24(32(50)39-23-10-11-29-22(17-23)9-12-31(49)55-29)40-33(51)26(18-30(47)48)41-34(52)27(19-44)42-35(53)28-8-6-15-43(28)36(54)25(13-16-56-3)38-21(2)46/h9-12,17,24-28,44H,4-8,13-16,18-19H2,1-3H3,(H,37,45)(H,38,46)(H,39,50)(H,40,51)(H,41,52)(H,42,53)(H,47,48)/t24-,25-,26-,27-,28-/m0/s1. The molecule has 0 aliphatic carbocycles. The zero-order chi connectivity index (χ0) is 41.4. The maximum Gasteiger partial charge on any atom is 0.336 e. The summed E-state index contributed by atoms with van der Waals surface area (Å²) in [4.78, 5) is 115. The molecule has 1 aliphatic heterocycles. The lowest BCUT2D eigenvalue weighted by molar-refractivity contribution is -0.143. The van der Waals surface area contributed by atoms with Crippen LogP contribution in [0.2, 0.25) is 0 Å². The van der Waals surface area contributed by atoms with Crippen molar-refractivity contribution in [3.8, 4) is 0 Å². The van der Waals surface area contributed by atoms with Crippen LogP contribution in [0.15, 0.2) is 39.5 Å². The number of unbranched alkanes of at least 4 members (excludes halogenated alkanes) is 1. The number of thioether (sulfide) groups is 1. The summed E-state index contributed by atoms with van der Waals surface area (Å²) in [5.74, 6) is -5.69. The van der Waals surface area contributed by atoms with Gasteiger partial charge in [0, 0.05) is 44.1 Å². The molecule has 8 N–H and O–H groups in total. The minimum Gasteiger partial charge on any atom is -0.481 e. The highest BCUT2D eigenvalue weighted by atomic mass is 32.2. The second-order valence-electron chi connectivity index (χ2n) is 13.2. The first kappa shape index (κ1) is 44.9. The first-order valence-electron chi connectivity index (χ1n) is 18.0. The first-order valence-corrected chi connectivity index (χ1v) is 19.4. The van der Waals surface area contributed by atoms with Crippen LogP contribution >= 0.6 is 11.8 Å². The van der Waals surface area contributed by atoms with Crippen molar-refractivity contribution in [3.05, 3.63) is 40.8 Å². The molecular formula is C36H49N7O12S. The van der Waals surface area contributed by atoms with Crippen LogP contribution in [0.5, 0.6) is 0 Å². The smallest absolute Gasteiger partial charge is 0.336 e. The van der Waals surface area contributed by atoms with Crippen molar-refractivity contribution in [1.29, 1.82) is 0 Å². The number of aliphatic hydroxyl groups is 1. The molecule has 5 atom stereocenters. The number of aliphatic carboxylic acids is 1. The van der Waals surface area contributed by atoms with E-state index in [0.29, 0.717) is 49.1 Å². The van der Waals surface area contributed by atoms with Crippen LogP contribution < -0.4 is 37.5 Å². The number of nitrogens with zero attached hydrogens (tertiary/aromatic N) is 1. The maximum atomic E-state index is 13.5. The number of hydrogen-bond donors (Lipinski definition) is 8. The van der Waals surface area contributed by atoms with E-state index in [-0.39, 0.29) is 30.9 Å². The lowest BCUT2D eigenvalue weighted by Crippen LogP contribution is -2.59. The highest BCUT2D eigenvalue weighted by Crippen LogP contribution is 2.21. The van der Waals surface area contributed by atoms with Gasteiger partial charge in [0.15, 0.2) is 0 Å². The van der Waals surface area contributed by atoms with E-state index in [9.17, 15) is 53.4 Å². The third-order valence-electron chi connectivity index (χ3n) is 8.77. The Hall–Kier alpha value is -5.50. The number of benzene rings is 1. The maximum absolute atomic E-state index is 13.5. The van der Waals surface area contributed by atoms with Gasteiger partial charge in [-0.1, -0.05) is 0 Å². The number of carboxylic acid groups (broad SMARTS) is 1. The monoisotopic (exact) mass is 803 g/mol. The predicted molar refractivity (Wildman–Crippen MR) is 204 cm³/mol. The third kappa shape index (κ3) is 14.0. The molecular weight excluding hydrogens is 754 g/mol. The Morgan fingerprint density at radius 2 is 1.57 bits per heavy atom. The van der Waals surface area contributed by atoms with Crippen molar-refractivity contribution in [2.24, 2.45) is 0 Å². The topological polar surface area (TPSA) is 283 Å². The molecule has 7 amide bonds. The van der Waals surface area contributed by atoms with Crippen molar-refractivity contribution in [2.75, 3.05) is 37.0 Å². The number of fused-ring (bicyclic) bond motifs is 1. The molecule has 1 aliphatic rings. The second-order valence-corrected chi connectivity index (χ2v) is 14.1. The van der Waals surface area contributed by atoms with Crippen LogP contribution in [0.25, 0.3) is 11.0 Å². The van der Waals surface area contributed by atoms with Gasteiger partial charge in [-0.2, -0.15) is 11.8 Å². The molecule has 3 rings (SSSR count). The molecule has 1 aromatic heterocycles. The molecule has 0 bridgehead atoms. The molecule has 1 aromatic carbocycles. The molecule has 0 unspecified atom stereocenters. The van der Waals surface area contributed by atoms with Crippen molar-refractivity contribution < 1.29 is 53.0 Å². The van der Waals surface area contributed by atoms with E-state index in [1.165, 1.54) is 60.8 Å². The second kappa shape index (κ2) is 22.2. The molecule has 20 heteroatoms. The fourth-order valence-electron chi connectivity index (χ4n) is 6.02. The average molecular weight is 804 g/mol. The van der Waals surface area contributed by atoms with E-state index in [0.717, 1.165) is 0 Å². The molecule has 19 nitrogen and oxygen atoms in total. The Kier molecular flexibility index (Phi) is 17.8. The van der Waals surface area contributed by atoms with Crippen molar-refractivity contribution in [2.45, 2.75) is 89.0 Å². The number of carbonyl (C=O) groups is 8. The highest BCUT2D eigenvalue weighted by Gasteiger charge is 2.39. The number of likely N-dealkylation sites (tertiary alicyclic amines) is 1. The van der Waals surface area contributed by atoms with Crippen LogP contribution in [-0.2, 0) is 38.4 Å². The molecule has 306 valence electrons. The van der Waals surface area contributed by atoms with E-state index >= 15 is 0 Å². The van der Waals surface area contributed by atoms with Crippen molar-refractivity contribution in [1.82, 2.24) is 31.5 Å². The molecule has 2 aromatic rings. The molecule has 0 radical (unpaired) electrons. The summed E-state index contributed by atoms with van der Waals surface area (Å²) >= 11 is 1.48. The van der Waals surface area contributed by atoms with Crippen LogP contribution in [0.1, 0.15) is 58.8 Å². The van der Waals surface area contributed by atoms with Gasteiger partial charge in [0.1, 0.15) is 35.8 Å². The Morgan fingerprint density at radius 1 is 0.857 bits per heavy atom. The SMILES string of the molecule is CSCC[C@H](NC(C)=O)C(=O)N1CCC[C@H]1C(=O)N[C@@H](CO)C(=O)N[C@@H](CC(=O)O)C(=O)N[C@@H](CCCCNC(C)=O)C(=O)Nc1ccc2oc(=O)ccc2c1. The molecule has 0 spiro atoms. The Bertz CT molecular complexity index is 1820. The van der Waals surface area contributed by atoms with Gasteiger partial charge in [0.05, 0.1) is 13.0 Å². The summed E-state index contributed by atoms with van der Waals surface area (Å²) in [7, 11) is 0. The summed E-state index contributed by atoms with van der Waals surface area (Å²) < 4.78 is 5.12. The highest BCUT2D eigenvalue weighted by molar-refractivity contribution is 7.98. The summed E-state index contributed by atoms with van der Waals surface area (Å²) in [6, 6.07) is 0.618. The first-order chi connectivity index (χ1) is 26.6. The zero-order valence-electron chi connectivity index (χ0n) is 31.4. The van der Waals surface area contributed by atoms with E-state index in [1.54, 1.807) is 0 Å². The summed E-state index contributed by atoms with van der Waals surface area (Å²) in [5.41, 5.74) is 0.00241. The van der Waals surface area contributed by atoms with E-state index in [2.05, 4.69) is 31.9 Å². The number of carbonyl (C=O) groups excluding carboxylic acids is 7. The number of nitrogens with one attached hydrogen (secondary N) is 6. The van der Waals surface area contributed by atoms with E-state index < -0.39 is 90.3 Å². The van der Waals surface area contributed by atoms with Gasteiger partial charge < -0.3 is 51.4 Å². The Morgan fingerprint density at radius 3 is 2.23 bits per heavy atom. The normalized spacial score (nSPS) is 15.8. The molecule has 1 fully saturated rings. The molecule has 2 heterocycles. The number of rotatable bonds is 21. The molecule has 0 saturated carbocycles. The van der Waals surface area contributed by atoms with Crippen LogP contribution in [-0.4, -0.2) is 124 Å². The van der Waals surface area contributed by atoms with Gasteiger partial charge in [0.25, 0.3) is 0 Å². The van der Waals surface area contributed by atoms with E-state index in [4.69, 9.17) is 4.42 Å². The minimum atomic E-state index is -1.76. The molecule has 1 saturated heterocycles. The largest absolute Gasteiger partial charge is 0.481 e. The van der Waals surface area contributed by atoms with Crippen LogP contribution in [0.3, 0.4) is 0 Å². The molecule has 56 heavy (non-hydrogen) atoms. The lowest BCUT2D eigenvalue weighted by atomic mass is 10.1. The summed E-state index contributed by atoms with van der Waals surface area (Å²) in [5, 5.41) is 35.2. The number of anilines is 1. The average Bonchev–Trinajstić information content (AvgIpc) is 3.64. The summed E-state index contributed by atoms with van der Waals surface area (Å²) in [6.45, 7) is 2.18. The zero-order valence-corrected chi connectivity index (χ0v) is 32.2. The number of aliphatic hydroxyl groups excluding tert-OH is 1. The lowest BCUT2D eigenvalue weighted by Gasteiger charge is -2.29. The van der Waals surface area contributed by atoms with Crippen molar-refractivity contribution in [3.63, 3.8) is 0 Å². The Balaban J connectivity index is 1.74. The number of carboxylic acids is 1. The quantitative estimate of drug-likeness (QED) is 0.0568. The number of hydrogen-bond acceptors (Lipinski definition) is 12. The van der Waals surface area contributed by atoms with Gasteiger partial charge in [0.2, 0.25) is 41.4 Å². The van der Waals surface area contributed by atoms with Gasteiger partial charge in [-0.15, -0.1) is 0 Å². The fourth-order valence-corrected chi connectivity index (χ4v) is 6.49. The van der Waals surface area contributed by atoms with Crippen molar-refractivity contribution >= 4 is 75.7 Å². The van der Waals surface area contributed by atoms with Gasteiger partial charge >= 0.3 is 11.6 Å². The van der Waals surface area contributed by atoms with Gasteiger partial charge in [-0.3, -0.25) is 38.4 Å². The van der Waals surface area contributed by atoms with E-state index in [1.807, 2.05) is 6.26 Å². The fraction of sp³-hybridized carbons (Fsp3) is 0.528. The Labute approximate surface area is 326 Å². The predicted octanol–water partition coefficient (Wildman–Crippen LogP) is -0.792. The summed E-state index contributed by atoms with van der Waals surface area (Å²) in [6.07, 6.45) is 2.73. The van der Waals surface area contributed by atoms with Crippen LogP contribution in [0, 0.1) is 0 Å². The minimum absolute atomic E-state index is 0.0410. The van der Waals surface area contributed by atoms with Crippen LogP contribution in [0.4, 0.5) is 5.69 Å². The third-order valence-corrected chi connectivity index (χ3v) is 9.41. The van der Waals surface area contributed by atoms with Gasteiger partial charge in [-0.05, 0) is 74.8 Å². The van der Waals surface area contributed by atoms with Gasteiger partial charge in [-0.25, -0.2) is 4.79 Å².